The molecule has 1 fully saturated rings. The molecule has 1 N–H and O–H groups in total. The van der Waals surface area contributed by atoms with Gasteiger partial charge in [0.1, 0.15) is 0 Å². The van der Waals surface area contributed by atoms with Crippen LogP contribution in [0.3, 0.4) is 0 Å². The lowest BCUT2D eigenvalue weighted by molar-refractivity contribution is -0.00468. The molecule has 1 atom stereocenters. The van der Waals surface area contributed by atoms with Crippen molar-refractivity contribution >= 4 is 21.6 Å². The molecule has 4 heteroatoms. The SMILES string of the molecule is CCNCc1ccc(Br)cc1N1CCCC(C)(OC)C1. The van der Waals surface area contributed by atoms with Crippen molar-refractivity contribution in [3.8, 4) is 0 Å². The molecule has 20 heavy (non-hydrogen) atoms. The number of benzene rings is 1. The van der Waals surface area contributed by atoms with E-state index in [0.717, 1.165) is 37.1 Å². The highest BCUT2D eigenvalue weighted by atomic mass is 79.9. The van der Waals surface area contributed by atoms with E-state index < -0.39 is 0 Å². The van der Waals surface area contributed by atoms with E-state index in [0.29, 0.717) is 0 Å². The van der Waals surface area contributed by atoms with Gasteiger partial charge in [-0.25, -0.2) is 0 Å². The molecule has 2 rings (SSSR count). The second-order valence-corrected chi connectivity index (χ2v) is 6.65. The number of nitrogens with one attached hydrogen (secondary N) is 1. The van der Waals surface area contributed by atoms with Gasteiger partial charge in [-0.1, -0.05) is 28.9 Å². The highest BCUT2D eigenvalue weighted by Gasteiger charge is 2.31. The molecule has 0 spiro atoms. The second-order valence-electron chi connectivity index (χ2n) is 5.73. The van der Waals surface area contributed by atoms with E-state index in [1.54, 1.807) is 0 Å². The Balaban J connectivity index is 2.23. The van der Waals surface area contributed by atoms with Crippen LogP contribution >= 0.6 is 15.9 Å². The second kappa shape index (κ2) is 6.92. The van der Waals surface area contributed by atoms with Crippen molar-refractivity contribution in [3.63, 3.8) is 0 Å². The van der Waals surface area contributed by atoms with E-state index in [4.69, 9.17) is 4.74 Å². The summed E-state index contributed by atoms with van der Waals surface area (Å²) in [4.78, 5) is 2.46. The fraction of sp³-hybridized carbons (Fsp3) is 0.625. The van der Waals surface area contributed by atoms with Gasteiger partial charge < -0.3 is 15.0 Å². The molecular formula is C16H25BrN2O. The molecule has 0 aliphatic carbocycles. The van der Waals surface area contributed by atoms with Gasteiger partial charge in [0, 0.05) is 36.9 Å². The van der Waals surface area contributed by atoms with E-state index in [1.165, 1.54) is 17.7 Å². The first-order valence-electron chi connectivity index (χ1n) is 7.37. The van der Waals surface area contributed by atoms with Crippen molar-refractivity contribution in [2.45, 2.75) is 38.8 Å². The summed E-state index contributed by atoms with van der Waals surface area (Å²) in [5, 5.41) is 3.42. The fourth-order valence-electron chi connectivity index (χ4n) is 2.82. The minimum Gasteiger partial charge on any atom is -0.377 e. The van der Waals surface area contributed by atoms with Gasteiger partial charge in [0.15, 0.2) is 0 Å². The summed E-state index contributed by atoms with van der Waals surface area (Å²) in [7, 11) is 1.82. The number of ether oxygens (including phenoxy) is 1. The summed E-state index contributed by atoms with van der Waals surface area (Å²) >= 11 is 3.60. The Kier molecular flexibility index (Phi) is 5.47. The largest absolute Gasteiger partial charge is 0.377 e. The van der Waals surface area contributed by atoms with Crippen LogP contribution in [0.1, 0.15) is 32.3 Å². The molecule has 0 amide bonds. The van der Waals surface area contributed by atoms with Gasteiger partial charge in [0.2, 0.25) is 0 Å². The summed E-state index contributed by atoms with van der Waals surface area (Å²) in [6.07, 6.45) is 2.31. The Hall–Kier alpha value is -0.580. The molecule has 1 aromatic rings. The molecule has 0 saturated carbocycles. The number of nitrogens with zero attached hydrogens (tertiary/aromatic N) is 1. The summed E-state index contributed by atoms with van der Waals surface area (Å²) in [5.41, 5.74) is 2.65. The number of anilines is 1. The third-order valence-electron chi connectivity index (χ3n) is 4.11. The fourth-order valence-corrected chi connectivity index (χ4v) is 3.17. The molecule has 1 unspecified atom stereocenters. The first-order chi connectivity index (χ1) is 9.58. The summed E-state index contributed by atoms with van der Waals surface area (Å²) in [6.45, 7) is 8.32. The molecule has 3 nitrogen and oxygen atoms in total. The van der Waals surface area contributed by atoms with Crippen LogP contribution in [0.25, 0.3) is 0 Å². The molecule has 0 radical (unpaired) electrons. The predicted octanol–water partition coefficient (Wildman–Crippen LogP) is 3.56. The Morgan fingerprint density at radius 2 is 2.25 bits per heavy atom. The van der Waals surface area contributed by atoms with Gasteiger partial charge in [-0.05, 0) is 44.0 Å². The van der Waals surface area contributed by atoms with Crippen molar-refractivity contribution in [3.05, 3.63) is 28.2 Å². The monoisotopic (exact) mass is 340 g/mol. The van der Waals surface area contributed by atoms with Crippen LogP contribution in [0.4, 0.5) is 5.69 Å². The summed E-state index contributed by atoms with van der Waals surface area (Å²) in [5.74, 6) is 0. The average Bonchev–Trinajstić information content (AvgIpc) is 2.46. The number of halogens is 1. The van der Waals surface area contributed by atoms with Gasteiger partial charge in [-0.3, -0.25) is 0 Å². The van der Waals surface area contributed by atoms with Crippen molar-refractivity contribution in [1.82, 2.24) is 5.32 Å². The smallest absolute Gasteiger partial charge is 0.0825 e. The normalized spacial score (nSPS) is 23.1. The predicted molar refractivity (Wildman–Crippen MR) is 88.4 cm³/mol. The number of piperidine rings is 1. The van der Waals surface area contributed by atoms with Crippen LogP contribution in [-0.4, -0.2) is 32.3 Å². The molecule has 1 aromatic carbocycles. The van der Waals surface area contributed by atoms with E-state index in [9.17, 15) is 0 Å². The van der Waals surface area contributed by atoms with Crippen LogP contribution in [-0.2, 0) is 11.3 Å². The lowest BCUT2D eigenvalue weighted by Crippen LogP contribution is -2.47. The van der Waals surface area contributed by atoms with Crippen LogP contribution in [0.2, 0.25) is 0 Å². The van der Waals surface area contributed by atoms with E-state index in [1.807, 2.05) is 7.11 Å². The zero-order valence-corrected chi connectivity index (χ0v) is 14.3. The van der Waals surface area contributed by atoms with Crippen LogP contribution in [0.15, 0.2) is 22.7 Å². The molecule has 112 valence electrons. The highest BCUT2D eigenvalue weighted by molar-refractivity contribution is 9.10. The lowest BCUT2D eigenvalue weighted by atomic mass is 9.94. The van der Waals surface area contributed by atoms with Crippen LogP contribution < -0.4 is 10.2 Å². The number of methoxy groups -OCH3 is 1. The number of hydrogen-bond acceptors (Lipinski definition) is 3. The molecule has 1 aliphatic heterocycles. The van der Waals surface area contributed by atoms with Gasteiger partial charge in [0.25, 0.3) is 0 Å². The standard InChI is InChI=1S/C16H25BrN2O/c1-4-18-11-13-6-7-14(17)10-15(13)19-9-5-8-16(2,12-19)20-3/h6-7,10,18H,4-5,8-9,11-12H2,1-3H3. The molecule has 0 bridgehead atoms. The minimum absolute atomic E-state index is 0.0317. The number of hydrogen-bond donors (Lipinski definition) is 1. The third-order valence-corrected chi connectivity index (χ3v) is 4.60. The quantitative estimate of drug-likeness (QED) is 0.886. The zero-order chi connectivity index (χ0) is 14.6. The van der Waals surface area contributed by atoms with Gasteiger partial charge in [-0.15, -0.1) is 0 Å². The first-order valence-corrected chi connectivity index (χ1v) is 8.16. The van der Waals surface area contributed by atoms with E-state index in [2.05, 4.69) is 58.2 Å². The lowest BCUT2D eigenvalue weighted by Gasteiger charge is -2.41. The zero-order valence-electron chi connectivity index (χ0n) is 12.7. The van der Waals surface area contributed by atoms with Crippen molar-refractivity contribution in [1.29, 1.82) is 0 Å². The molecular weight excluding hydrogens is 316 g/mol. The van der Waals surface area contributed by atoms with Crippen LogP contribution in [0.5, 0.6) is 0 Å². The summed E-state index contributed by atoms with van der Waals surface area (Å²) in [6, 6.07) is 6.56. The molecule has 1 heterocycles. The maximum absolute atomic E-state index is 5.71. The molecule has 1 saturated heterocycles. The maximum Gasteiger partial charge on any atom is 0.0825 e. The first kappa shape index (κ1) is 15.8. The molecule has 1 aliphatic rings. The van der Waals surface area contributed by atoms with Crippen molar-refractivity contribution < 1.29 is 4.74 Å². The van der Waals surface area contributed by atoms with E-state index >= 15 is 0 Å². The topological polar surface area (TPSA) is 24.5 Å². The van der Waals surface area contributed by atoms with Crippen LogP contribution in [0, 0.1) is 0 Å². The maximum atomic E-state index is 5.71. The van der Waals surface area contributed by atoms with E-state index in [-0.39, 0.29) is 5.60 Å². The Morgan fingerprint density at radius 3 is 2.95 bits per heavy atom. The summed E-state index contributed by atoms with van der Waals surface area (Å²) < 4.78 is 6.85. The number of rotatable bonds is 5. The van der Waals surface area contributed by atoms with Gasteiger partial charge >= 0.3 is 0 Å². The molecule has 0 aromatic heterocycles. The Morgan fingerprint density at radius 1 is 1.45 bits per heavy atom. The average molecular weight is 341 g/mol. The highest BCUT2D eigenvalue weighted by Crippen LogP contribution is 2.32. The Bertz CT molecular complexity index is 452. The van der Waals surface area contributed by atoms with Crippen molar-refractivity contribution in [2.24, 2.45) is 0 Å². The van der Waals surface area contributed by atoms with Crippen molar-refractivity contribution in [2.75, 3.05) is 31.6 Å². The third kappa shape index (κ3) is 3.74. The van der Waals surface area contributed by atoms with Gasteiger partial charge in [0.05, 0.1) is 5.60 Å². The van der Waals surface area contributed by atoms with Gasteiger partial charge in [-0.2, -0.15) is 0 Å². The Labute approximate surface area is 130 Å². The minimum atomic E-state index is -0.0317.